The third kappa shape index (κ3) is 5.71. The number of fused-ring (bicyclic) bond motifs is 6. The summed E-state index contributed by atoms with van der Waals surface area (Å²) >= 11 is 0. The molecule has 7 rings (SSSR count). The lowest BCUT2D eigenvalue weighted by Crippen LogP contribution is -2.56. The fraction of sp³-hybridized carbons (Fsp3) is 0.707. The Morgan fingerprint density at radius 1 is 0.878 bits per heavy atom. The second-order valence-corrected chi connectivity index (χ2v) is 22.8. The summed E-state index contributed by atoms with van der Waals surface area (Å²) in [5, 5.41) is 0.222. The van der Waals surface area contributed by atoms with E-state index < -0.39 is 13.9 Å². The summed E-state index contributed by atoms with van der Waals surface area (Å²) in [4.78, 5) is 27.6. The molecular weight excluding hydrogens is 631 g/mol. The van der Waals surface area contributed by atoms with Gasteiger partial charge < -0.3 is 18.3 Å². The molecule has 7 nitrogen and oxygen atoms in total. The molecule has 2 amide bonds. The van der Waals surface area contributed by atoms with Crippen LogP contribution in [0, 0.1) is 34.5 Å². The summed E-state index contributed by atoms with van der Waals surface area (Å²) in [5.74, 6) is 2.26. The van der Waals surface area contributed by atoms with Crippen molar-refractivity contribution in [2.75, 3.05) is 26.4 Å². The minimum absolute atomic E-state index is 0.0479. The van der Waals surface area contributed by atoms with Gasteiger partial charge in [-0.15, -0.1) is 0 Å². The van der Waals surface area contributed by atoms with Crippen molar-refractivity contribution >= 4 is 20.1 Å². The van der Waals surface area contributed by atoms with Crippen LogP contribution in [0.5, 0.6) is 0 Å². The molecule has 4 fully saturated rings. The van der Waals surface area contributed by atoms with Gasteiger partial charge in [-0.1, -0.05) is 46.8 Å². The zero-order valence-corrected chi connectivity index (χ0v) is 32.0. The predicted octanol–water partition coefficient (Wildman–Crippen LogP) is 9.24. The van der Waals surface area contributed by atoms with Crippen LogP contribution in [-0.4, -0.2) is 57.5 Å². The first kappa shape index (κ1) is 35.2. The first-order valence-corrected chi connectivity index (χ1v) is 22.0. The van der Waals surface area contributed by atoms with Gasteiger partial charge in [-0.05, 0) is 123 Å². The maximum atomic E-state index is 13.1. The van der Waals surface area contributed by atoms with Crippen molar-refractivity contribution in [3.63, 3.8) is 0 Å². The van der Waals surface area contributed by atoms with E-state index in [1.54, 1.807) is 18.4 Å². The molecule has 268 valence electrons. The molecule has 5 aliphatic rings. The monoisotopic (exact) mass is 689 g/mol. The molecular formula is C41H59NO6Si. The van der Waals surface area contributed by atoms with Crippen LogP contribution in [-0.2, 0) is 19.5 Å². The highest BCUT2D eigenvalue weighted by Gasteiger charge is 2.66. The number of rotatable bonds is 10. The summed E-state index contributed by atoms with van der Waals surface area (Å²) in [7, 11) is -1.75. The molecule has 8 heteroatoms. The van der Waals surface area contributed by atoms with E-state index in [2.05, 4.69) is 53.8 Å². The van der Waals surface area contributed by atoms with Crippen LogP contribution in [0.15, 0.2) is 47.3 Å². The topological polar surface area (TPSA) is 78.2 Å². The van der Waals surface area contributed by atoms with E-state index in [9.17, 15) is 9.59 Å². The summed E-state index contributed by atoms with van der Waals surface area (Å²) in [6, 6.07) is 9.19. The second-order valence-electron chi connectivity index (χ2n) is 18.0. The lowest BCUT2D eigenvalue weighted by atomic mass is 9.44. The van der Waals surface area contributed by atoms with Gasteiger partial charge in [0.25, 0.3) is 11.8 Å². The minimum Gasteiger partial charge on any atom is -0.472 e. The van der Waals surface area contributed by atoms with E-state index in [0.29, 0.717) is 60.2 Å². The number of carbonyl (C=O) groups is 2. The highest BCUT2D eigenvalue weighted by atomic mass is 28.4. The molecule has 0 radical (unpaired) electrons. The van der Waals surface area contributed by atoms with Crippen LogP contribution in [0.4, 0.5) is 0 Å². The number of carbonyl (C=O) groups excluding carboxylic acids is 2. The number of benzene rings is 1. The average Bonchev–Trinajstić information content (AvgIpc) is 3.76. The highest BCUT2D eigenvalue weighted by molar-refractivity contribution is 6.74. The number of amides is 2. The van der Waals surface area contributed by atoms with Crippen molar-refractivity contribution < 1.29 is 27.9 Å². The number of hydrogen-bond donors (Lipinski definition) is 0. The Hall–Kier alpha value is -2.26. The van der Waals surface area contributed by atoms with E-state index >= 15 is 0 Å². The van der Waals surface area contributed by atoms with Crippen molar-refractivity contribution in [1.82, 2.24) is 4.90 Å². The Bertz CT molecular complexity index is 1500. The maximum Gasteiger partial charge on any atom is 0.261 e. The van der Waals surface area contributed by atoms with Crippen LogP contribution in [0.3, 0.4) is 0 Å². The standard InChI is InChI=1S/C41H59NO6Si/c1-38(2,3)49(6,7)48-25-24-46-30-14-18-39(4)28(26-30)12-13-33-34(39)15-19-40(5)35(33)16-20-41(40,29-17-22-45-27-29)47-23-21-42-36(43)31-10-8-9-11-32(31)37(42)44/h8-11,17,22,27-28,30,33-35H,12-16,18-21,23-26H2,1-7H3/t28-,30+,33-,34+,35+,39+,40+,41-/m1/s1. The number of imide groups is 1. The van der Waals surface area contributed by atoms with Crippen molar-refractivity contribution in [3.8, 4) is 0 Å². The van der Waals surface area contributed by atoms with Gasteiger partial charge in [0.15, 0.2) is 8.32 Å². The van der Waals surface area contributed by atoms with Gasteiger partial charge >= 0.3 is 0 Å². The quantitative estimate of drug-likeness (QED) is 0.141. The molecule has 4 saturated carbocycles. The molecule has 1 aliphatic heterocycles. The van der Waals surface area contributed by atoms with Gasteiger partial charge in [-0.25, -0.2) is 0 Å². The van der Waals surface area contributed by atoms with E-state index in [4.69, 9.17) is 18.3 Å². The Kier molecular flexibility index (Phi) is 9.15. The van der Waals surface area contributed by atoms with Crippen LogP contribution >= 0.6 is 0 Å². The van der Waals surface area contributed by atoms with Crippen LogP contribution in [0.25, 0.3) is 0 Å². The van der Waals surface area contributed by atoms with E-state index in [1.807, 2.05) is 18.4 Å². The molecule has 49 heavy (non-hydrogen) atoms. The van der Waals surface area contributed by atoms with Gasteiger partial charge in [0, 0.05) is 11.0 Å². The molecule has 0 saturated heterocycles. The van der Waals surface area contributed by atoms with Gasteiger partial charge in [-0.2, -0.15) is 0 Å². The van der Waals surface area contributed by atoms with E-state index in [-0.39, 0.29) is 28.8 Å². The summed E-state index contributed by atoms with van der Waals surface area (Å²) < 4.78 is 25.7. The van der Waals surface area contributed by atoms with Crippen LogP contribution in [0.2, 0.25) is 18.1 Å². The first-order valence-electron chi connectivity index (χ1n) is 19.1. The van der Waals surface area contributed by atoms with Crippen molar-refractivity contribution in [3.05, 3.63) is 59.5 Å². The molecule has 2 aromatic rings. The molecule has 0 unspecified atom stereocenters. The second kappa shape index (κ2) is 12.7. The maximum absolute atomic E-state index is 13.1. The van der Waals surface area contributed by atoms with Gasteiger partial charge in [0.1, 0.15) is 5.60 Å². The van der Waals surface area contributed by atoms with Gasteiger partial charge in [-0.3, -0.25) is 14.5 Å². The van der Waals surface area contributed by atoms with Crippen molar-refractivity contribution in [2.45, 2.75) is 122 Å². The number of nitrogens with zero attached hydrogens (tertiary/aromatic N) is 1. The normalized spacial score (nSPS) is 36.0. The Labute approximate surface area is 294 Å². The summed E-state index contributed by atoms with van der Waals surface area (Å²) in [6.07, 6.45) is 14.5. The highest BCUT2D eigenvalue weighted by Crippen LogP contribution is 2.71. The number of ether oxygens (including phenoxy) is 2. The minimum atomic E-state index is -1.75. The van der Waals surface area contributed by atoms with Crippen molar-refractivity contribution in [2.24, 2.45) is 34.5 Å². The zero-order valence-electron chi connectivity index (χ0n) is 31.0. The Balaban J connectivity index is 1.01. The van der Waals surface area contributed by atoms with E-state index in [0.717, 1.165) is 37.2 Å². The number of furan rings is 1. The Morgan fingerprint density at radius 3 is 2.27 bits per heavy atom. The number of hydrogen-bond acceptors (Lipinski definition) is 6. The Morgan fingerprint density at radius 2 is 1.59 bits per heavy atom. The predicted molar refractivity (Wildman–Crippen MR) is 193 cm³/mol. The fourth-order valence-corrected chi connectivity index (χ4v) is 12.2. The fourth-order valence-electron chi connectivity index (χ4n) is 11.1. The molecule has 1 aromatic carbocycles. The molecule has 2 heterocycles. The van der Waals surface area contributed by atoms with Crippen molar-refractivity contribution in [1.29, 1.82) is 0 Å². The third-order valence-electron chi connectivity index (χ3n) is 15.0. The summed E-state index contributed by atoms with van der Waals surface area (Å²) in [5.41, 5.74) is 1.90. The molecule has 0 N–H and O–H groups in total. The lowest BCUT2D eigenvalue weighted by Gasteiger charge is -2.62. The average molecular weight is 690 g/mol. The molecule has 4 aliphatic carbocycles. The van der Waals surface area contributed by atoms with E-state index in [1.165, 1.54) is 37.0 Å². The zero-order chi connectivity index (χ0) is 34.8. The van der Waals surface area contributed by atoms with Crippen LogP contribution < -0.4 is 0 Å². The SMILES string of the molecule is CC(C)(C)[Si](C)(C)OCCO[C@H]1CC[C@@]2(C)[C@H](CC[C@@H]3[C@@H]2CC[C@@]2(C)[C@H]3CC[C@@]2(OCCN2C(=O)c3ccccc3C2=O)c2ccoc2)C1. The first-order chi connectivity index (χ1) is 23.2. The lowest BCUT2D eigenvalue weighted by molar-refractivity contribution is -0.184. The molecule has 0 spiro atoms. The molecule has 8 atom stereocenters. The van der Waals surface area contributed by atoms with Gasteiger partial charge in [0.2, 0.25) is 0 Å². The van der Waals surface area contributed by atoms with Crippen LogP contribution in [0.1, 0.15) is 119 Å². The largest absolute Gasteiger partial charge is 0.472 e. The molecule has 0 bridgehead atoms. The third-order valence-corrected chi connectivity index (χ3v) is 19.5. The smallest absolute Gasteiger partial charge is 0.261 e. The molecule has 1 aromatic heterocycles. The summed E-state index contributed by atoms with van der Waals surface area (Å²) in [6.45, 7) is 18.6. The van der Waals surface area contributed by atoms with Gasteiger partial charge in [0.05, 0.1) is 56.1 Å².